The van der Waals surface area contributed by atoms with Gasteiger partial charge in [-0.15, -0.1) is 28.1 Å². The van der Waals surface area contributed by atoms with Crippen molar-refractivity contribution < 1.29 is 4.79 Å². The molecular formula is C14H15N5OS2. The first kappa shape index (κ1) is 16.3. The Hall–Kier alpha value is -2.11. The summed E-state index contributed by atoms with van der Waals surface area (Å²) in [7, 11) is 0. The van der Waals surface area contributed by atoms with Crippen LogP contribution in [-0.2, 0) is 11.3 Å². The van der Waals surface area contributed by atoms with E-state index in [4.69, 9.17) is 5.26 Å². The van der Waals surface area contributed by atoms with Crippen molar-refractivity contribution in [3.05, 3.63) is 35.5 Å². The molecule has 0 spiro atoms. The smallest absolute Gasteiger partial charge is 0.238 e. The predicted octanol–water partition coefficient (Wildman–Crippen LogP) is 2.83. The van der Waals surface area contributed by atoms with Gasteiger partial charge in [-0.05, 0) is 25.3 Å². The second kappa shape index (κ2) is 7.24. The minimum absolute atomic E-state index is 0.172. The molecule has 0 saturated heterocycles. The van der Waals surface area contributed by atoms with Gasteiger partial charge < -0.3 is 9.88 Å². The molecule has 2 aromatic heterocycles. The van der Waals surface area contributed by atoms with Crippen LogP contribution in [0.5, 0.6) is 0 Å². The maximum absolute atomic E-state index is 12.2. The molecule has 0 unspecified atom stereocenters. The van der Waals surface area contributed by atoms with E-state index in [1.165, 1.54) is 23.1 Å². The van der Waals surface area contributed by atoms with Gasteiger partial charge >= 0.3 is 0 Å². The van der Waals surface area contributed by atoms with Gasteiger partial charge in [0.2, 0.25) is 5.91 Å². The molecule has 1 N–H and O–H groups in total. The van der Waals surface area contributed by atoms with Crippen LogP contribution in [0.3, 0.4) is 0 Å². The van der Waals surface area contributed by atoms with E-state index in [9.17, 15) is 4.79 Å². The number of hydrogen-bond donors (Lipinski definition) is 1. The van der Waals surface area contributed by atoms with Crippen LogP contribution in [0.4, 0.5) is 5.00 Å². The number of rotatable bonds is 6. The molecule has 0 radical (unpaired) electrons. The molecular weight excluding hydrogens is 318 g/mol. The van der Waals surface area contributed by atoms with Gasteiger partial charge in [0.25, 0.3) is 0 Å². The topological polar surface area (TPSA) is 83.6 Å². The minimum Gasteiger partial charge on any atom is -0.316 e. The van der Waals surface area contributed by atoms with Crippen LogP contribution in [0.25, 0.3) is 0 Å². The summed E-state index contributed by atoms with van der Waals surface area (Å²) < 4.78 is 1.90. The molecule has 0 aliphatic heterocycles. The average molecular weight is 333 g/mol. The Bertz CT molecular complexity index is 728. The SMILES string of the molecule is C=CCn1c(C)nnc1S[C@H](C)C(=O)Nc1sccc1C#N. The maximum Gasteiger partial charge on any atom is 0.238 e. The fourth-order valence-corrected chi connectivity index (χ4v) is 3.35. The number of thiophene rings is 1. The molecule has 0 aromatic carbocycles. The number of aryl methyl sites for hydroxylation is 1. The summed E-state index contributed by atoms with van der Waals surface area (Å²) in [5, 5.41) is 22.5. The Morgan fingerprint density at radius 1 is 1.68 bits per heavy atom. The van der Waals surface area contributed by atoms with Gasteiger partial charge in [-0.2, -0.15) is 5.26 Å². The molecule has 2 rings (SSSR count). The van der Waals surface area contributed by atoms with E-state index < -0.39 is 0 Å². The van der Waals surface area contributed by atoms with E-state index >= 15 is 0 Å². The molecule has 1 atom stereocenters. The van der Waals surface area contributed by atoms with Crippen LogP contribution in [0.1, 0.15) is 18.3 Å². The standard InChI is InChI=1S/C14H15N5OS2/c1-4-6-19-10(3)17-18-14(19)22-9(2)12(20)16-13-11(8-15)5-7-21-13/h4-5,7,9H,1,6H2,2-3H3,(H,16,20)/t9-/m1/s1. The Morgan fingerprint density at radius 3 is 3.14 bits per heavy atom. The van der Waals surface area contributed by atoms with E-state index in [1.54, 1.807) is 24.4 Å². The van der Waals surface area contributed by atoms with Crippen molar-refractivity contribution in [3.8, 4) is 6.07 Å². The number of nitriles is 1. The van der Waals surface area contributed by atoms with Crippen molar-refractivity contribution >= 4 is 34.0 Å². The number of carbonyl (C=O) groups excluding carboxylic acids is 1. The number of aromatic nitrogens is 3. The molecule has 2 aromatic rings. The highest BCUT2D eigenvalue weighted by Crippen LogP contribution is 2.26. The molecule has 0 aliphatic carbocycles. The van der Waals surface area contributed by atoms with Gasteiger partial charge in [-0.3, -0.25) is 4.79 Å². The lowest BCUT2D eigenvalue weighted by Gasteiger charge is -2.11. The highest BCUT2D eigenvalue weighted by atomic mass is 32.2. The zero-order chi connectivity index (χ0) is 16.1. The molecule has 22 heavy (non-hydrogen) atoms. The van der Waals surface area contributed by atoms with Crippen LogP contribution >= 0.6 is 23.1 Å². The van der Waals surface area contributed by atoms with E-state index in [1.807, 2.05) is 11.5 Å². The lowest BCUT2D eigenvalue weighted by Crippen LogP contribution is -2.22. The summed E-state index contributed by atoms with van der Waals surface area (Å²) in [4.78, 5) is 12.2. The molecule has 1 amide bonds. The Kier molecular flexibility index (Phi) is 5.35. The van der Waals surface area contributed by atoms with Crippen LogP contribution < -0.4 is 5.32 Å². The molecule has 6 nitrogen and oxygen atoms in total. The van der Waals surface area contributed by atoms with Crippen molar-refractivity contribution in [1.29, 1.82) is 5.26 Å². The first-order chi connectivity index (χ1) is 10.6. The van der Waals surface area contributed by atoms with Gasteiger partial charge in [0.05, 0.1) is 10.8 Å². The van der Waals surface area contributed by atoms with Crippen LogP contribution in [-0.4, -0.2) is 25.9 Å². The fraction of sp³-hybridized carbons (Fsp3) is 0.286. The first-order valence-electron chi connectivity index (χ1n) is 6.52. The second-order valence-corrected chi connectivity index (χ2v) is 6.68. The van der Waals surface area contributed by atoms with Gasteiger partial charge in [-0.1, -0.05) is 17.8 Å². The molecule has 0 fully saturated rings. The largest absolute Gasteiger partial charge is 0.316 e. The summed E-state index contributed by atoms with van der Waals surface area (Å²) >= 11 is 2.66. The van der Waals surface area contributed by atoms with Gasteiger partial charge in [0, 0.05) is 6.54 Å². The molecule has 0 saturated carbocycles. The number of nitrogens with zero attached hydrogens (tertiary/aromatic N) is 4. The van der Waals surface area contributed by atoms with E-state index in [-0.39, 0.29) is 11.2 Å². The van der Waals surface area contributed by atoms with E-state index in [0.29, 0.717) is 22.3 Å². The van der Waals surface area contributed by atoms with Crippen molar-refractivity contribution in [1.82, 2.24) is 14.8 Å². The van der Waals surface area contributed by atoms with Gasteiger partial charge in [0.1, 0.15) is 16.9 Å². The van der Waals surface area contributed by atoms with Crippen molar-refractivity contribution in [2.75, 3.05) is 5.32 Å². The van der Waals surface area contributed by atoms with Crippen molar-refractivity contribution in [2.45, 2.75) is 30.8 Å². The van der Waals surface area contributed by atoms with Crippen LogP contribution in [0, 0.1) is 18.3 Å². The summed E-state index contributed by atoms with van der Waals surface area (Å²) in [6, 6.07) is 3.73. The number of nitrogens with one attached hydrogen (secondary N) is 1. The number of anilines is 1. The Morgan fingerprint density at radius 2 is 2.45 bits per heavy atom. The number of allylic oxidation sites excluding steroid dienone is 1. The number of amides is 1. The third kappa shape index (κ3) is 3.55. The molecule has 0 aliphatic rings. The highest BCUT2D eigenvalue weighted by molar-refractivity contribution is 8.00. The number of thioether (sulfide) groups is 1. The number of hydrogen-bond acceptors (Lipinski definition) is 6. The lowest BCUT2D eigenvalue weighted by atomic mass is 10.3. The normalized spacial score (nSPS) is 11.7. The summed E-state index contributed by atoms with van der Waals surface area (Å²) in [5.41, 5.74) is 0.473. The van der Waals surface area contributed by atoms with Crippen LogP contribution in [0.2, 0.25) is 0 Å². The third-order valence-electron chi connectivity index (χ3n) is 2.89. The first-order valence-corrected chi connectivity index (χ1v) is 8.28. The summed E-state index contributed by atoms with van der Waals surface area (Å²) in [6.45, 7) is 7.95. The van der Waals surface area contributed by atoms with Gasteiger partial charge in [0.15, 0.2) is 5.16 Å². The molecule has 8 heteroatoms. The maximum atomic E-state index is 12.2. The number of carbonyl (C=O) groups is 1. The zero-order valence-electron chi connectivity index (χ0n) is 12.2. The molecule has 2 heterocycles. The van der Waals surface area contributed by atoms with Crippen molar-refractivity contribution in [3.63, 3.8) is 0 Å². The fourth-order valence-electron chi connectivity index (χ4n) is 1.71. The quantitative estimate of drug-likeness (QED) is 0.649. The molecule has 0 bridgehead atoms. The third-order valence-corrected chi connectivity index (χ3v) is 4.80. The van der Waals surface area contributed by atoms with Gasteiger partial charge in [-0.25, -0.2) is 0 Å². The molecule has 114 valence electrons. The lowest BCUT2D eigenvalue weighted by molar-refractivity contribution is -0.115. The second-order valence-electron chi connectivity index (χ2n) is 4.45. The Balaban J connectivity index is 2.06. The van der Waals surface area contributed by atoms with E-state index in [0.717, 1.165) is 5.82 Å². The highest BCUT2D eigenvalue weighted by Gasteiger charge is 2.20. The summed E-state index contributed by atoms with van der Waals surface area (Å²) in [6.07, 6.45) is 1.76. The van der Waals surface area contributed by atoms with E-state index in [2.05, 4.69) is 28.2 Å². The summed E-state index contributed by atoms with van der Waals surface area (Å²) in [5.74, 6) is 0.606. The van der Waals surface area contributed by atoms with Crippen LogP contribution in [0.15, 0.2) is 29.3 Å². The monoisotopic (exact) mass is 333 g/mol. The predicted molar refractivity (Wildman–Crippen MR) is 87.9 cm³/mol. The Labute approximate surface area is 136 Å². The average Bonchev–Trinajstić information content (AvgIpc) is 3.08. The zero-order valence-corrected chi connectivity index (χ0v) is 13.9. The minimum atomic E-state index is -0.360. The van der Waals surface area contributed by atoms with Crippen molar-refractivity contribution in [2.24, 2.45) is 0 Å².